The third kappa shape index (κ3) is 4.56. The van der Waals surface area contributed by atoms with Gasteiger partial charge in [0.2, 0.25) is 15.9 Å². The Bertz CT molecular complexity index is 948. The zero-order valence-electron chi connectivity index (χ0n) is 14.8. The molecule has 1 aliphatic rings. The van der Waals surface area contributed by atoms with Gasteiger partial charge in [-0.2, -0.15) is 4.31 Å². The van der Waals surface area contributed by atoms with Crippen LogP contribution in [0.3, 0.4) is 0 Å². The van der Waals surface area contributed by atoms with E-state index in [9.17, 15) is 17.6 Å². The van der Waals surface area contributed by atoms with Gasteiger partial charge in [-0.3, -0.25) is 4.79 Å². The second-order valence-electron chi connectivity index (χ2n) is 6.63. The fraction of sp³-hybridized carbons (Fsp3) is 0.316. The van der Waals surface area contributed by atoms with Crippen LogP contribution < -0.4 is 5.32 Å². The first kappa shape index (κ1) is 20.0. The van der Waals surface area contributed by atoms with Crippen LogP contribution in [0.5, 0.6) is 0 Å². The van der Waals surface area contributed by atoms with E-state index in [4.69, 9.17) is 0 Å². The highest BCUT2D eigenvalue weighted by Crippen LogP contribution is 2.26. The highest BCUT2D eigenvalue weighted by atomic mass is 79.9. The summed E-state index contributed by atoms with van der Waals surface area (Å²) >= 11 is 3.29. The zero-order chi connectivity index (χ0) is 19.6. The molecule has 0 aliphatic carbocycles. The fourth-order valence-electron chi connectivity index (χ4n) is 3.10. The number of halogens is 2. The minimum atomic E-state index is -3.67. The normalized spacial score (nSPS) is 18.3. The maximum absolute atomic E-state index is 13.9. The molecule has 1 aliphatic heterocycles. The Labute approximate surface area is 166 Å². The number of benzene rings is 2. The van der Waals surface area contributed by atoms with Gasteiger partial charge in [-0.05, 0) is 61.7 Å². The van der Waals surface area contributed by atoms with Crippen molar-refractivity contribution < 1.29 is 17.6 Å². The molecular weight excluding hydrogens is 435 g/mol. The van der Waals surface area contributed by atoms with Crippen molar-refractivity contribution in [3.63, 3.8) is 0 Å². The Morgan fingerprint density at radius 3 is 2.63 bits per heavy atom. The van der Waals surface area contributed by atoms with Gasteiger partial charge in [0.15, 0.2) is 0 Å². The molecule has 0 saturated carbocycles. The van der Waals surface area contributed by atoms with Crippen molar-refractivity contribution in [2.75, 3.05) is 18.4 Å². The number of aryl methyl sites for hydroxylation is 1. The molecule has 0 radical (unpaired) electrons. The van der Waals surface area contributed by atoms with E-state index in [2.05, 4.69) is 21.2 Å². The molecule has 27 heavy (non-hydrogen) atoms. The van der Waals surface area contributed by atoms with E-state index in [0.29, 0.717) is 19.4 Å². The number of carbonyl (C=O) groups excluding carboxylic acids is 1. The molecule has 0 unspecified atom stereocenters. The number of amides is 1. The largest absolute Gasteiger partial charge is 0.323 e. The Kier molecular flexibility index (Phi) is 5.98. The molecule has 1 atom stereocenters. The molecular formula is C19H20BrFN2O3S. The average molecular weight is 455 g/mol. The fourth-order valence-corrected chi connectivity index (χ4v) is 4.89. The Hall–Kier alpha value is -1.77. The lowest BCUT2D eigenvalue weighted by Crippen LogP contribution is -2.43. The molecule has 2 aromatic carbocycles. The first-order valence-electron chi connectivity index (χ1n) is 8.60. The standard InChI is InChI=1S/C19H20BrFN2O3S/c1-13-4-9-17(21)18(11-13)22-19(24)14-3-2-10-23(12-14)27(25,26)16-7-5-15(20)6-8-16/h4-9,11,14H,2-3,10,12H2,1H3,(H,22,24)/t14-/m1/s1. The summed E-state index contributed by atoms with van der Waals surface area (Å²) in [6.07, 6.45) is 1.13. The van der Waals surface area contributed by atoms with Crippen LogP contribution in [0.15, 0.2) is 51.8 Å². The average Bonchev–Trinajstić information content (AvgIpc) is 2.65. The van der Waals surface area contributed by atoms with Crippen molar-refractivity contribution in [3.8, 4) is 0 Å². The van der Waals surface area contributed by atoms with Gasteiger partial charge in [0, 0.05) is 17.6 Å². The van der Waals surface area contributed by atoms with Crippen molar-refractivity contribution in [3.05, 3.63) is 58.3 Å². The highest BCUT2D eigenvalue weighted by molar-refractivity contribution is 9.10. The quantitative estimate of drug-likeness (QED) is 0.760. The number of anilines is 1. The van der Waals surface area contributed by atoms with Crippen LogP contribution >= 0.6 is 15.9 Å². The van der Waals surface area contributed by atoms with Gasteiger partial charge in [0.25, 0.3) is 0 Å². The Morgan fingerprint density at radius 2 is 1.93 bits per heavy atom. The molecule has 0 aromatic heterocycles. The summed E-state index contributed by atoms with van der Waals surface area (Å²) in [5, 5.41) is 2.60. The molecule has 2 aromatic rings. The maximum atomic E-state index is 13.9. The van der Waals surface area contributed by atoms with Crippen LogP contribution in [0.1, 0.15) is 18.4 Å². The number of piperidine rings is 1. The molecule has 0 bridgehead atoms. The summed E-state index contributed by atoms with van der Waals surface area (Å²) in [5.74, 6) is -1.40. The van der Waals surface area contributed by atoms with Crippen LogP contribution in [0.4, 0.5) is 10.1 Å². The number of hydrogen-bond donors (Lipinski definition) is 1. The van der Waals surface area contributed by atoms with Crippen LogP contribution in [-0.4, -0.2) is 31.7 Å². The number of rotatable bonds is 4. The van der Waals surface area contributed by atoms with Gasteiger partial charge < -0.3 is 5.32 Å². The van der Waals surface area contributed by atoms with Crippen LogP contribution in [0.25, 0.3) is 0 Å². The molecule has 8 heteroatoms. The predicted molar refractivity (Wildman–Crippen MR) is 105 cm³/mol. The molecule has 1 amide bonds. The number of nitrogens with one attached hydrogen (secondary N) is 1. The summed E-state index contributed by atoms with van der Waals surface area (Å²) in [6, 6.07) is 10.9. The van der Waals surface area contributed by atoms with Crippen molar-refractivity contribution in [1.29, 1.82) is 0 Å². The molecule has 1 N–H and O–H groups in total. The van der Waals surface area contributed by atoms with E-state index in [1.54, 1.807) is 24.3 Å². The molecule has 1 saturated heterocycles. The topological polar surface area (TPSA) is 66.5 Å². The monoisotopic (exact) mass is 454 g/mol. The summed E-state index contributed by atoms with van der Waals surface area (Å²) in [4.78, 5) is 12.8. The third-order valence-electron chi connectivity index (χ3n) is 4.59. The first-order valence-corrected chi connectivity index (χ1v) is 10.8. The molecule has 5 nitrogen and oxygen atoms in total. The van der Waals surface area contributed by atoms with E-state index in [1.165, 1.54) is 22.5 Å². The summed E-state index contributed by atoms with van der Waals surface area (Å²) in [5.41, 5.74) is 0.947. The van der Waals surface area contributed by atoms with E-state index >= 15 is 0 Å². The van der Waals surface area contributed by atoms with Crippen LogP contribution in [0.2, 0.25) is 0 Å². The van der Waals surface area contributed by atoms with Gasteiger partial charge in [-0.1, -0.05) is 22.0 Å². The van der Waals surface area contributed by atoms with Gasteiger partial charge in [-0.15, -0.1) is 0 Å². The van der Waals surface area contributed by atoms with E-state index < -0.39 is 21.8 Å². The van der Waals surface area contributed by atoms with Crippen molar-refractivity contribution in [2.45, 2.75) is 24.7 Å². The number of nitrogens with zero attached hydrogens (tertiary/aromatic N) is 1. The molecule has 1 fully saturated rings. The summed E-state index contributed by atoms with van der Waals surface area (Å²) in [6.45, 7) is 2.25. The van der Waals surface area contributed by atoms with Crippen molar-refractivity contribution in [1.82, 2.24) is 4.31 Å². The second kappa shape index (κ2) is 8.08. The maximum Gasteiger partial charge on any atom is 0.243 e. The SMILES string of the molecule is Cc1ccc(F)c(NC(=O)[C@@H]2CCCN(S(=O)(=O)c3ccc(Br)cc3)C2)c1. The van der Waals surface area contributed by atoms with Gasteiger partial charge >= 0.3 is 0 Å². The minimum Gasteiger partial charge on any atom is -0.323 e. The third-order valence-corrected chi connectivity index (χ3v) is 6.99. The van der Waals surface area contributed by atoms with Crippen molar-refractivity contribution >= 4 is 37.5 Å². The number of sulfonamides is 1. The van der Waals surface area contributed by atoms with E-state index in [1.807, 2.05) is 6.92 Å². The minimum absolute atomic E-state index is 0.0810. The van der Waals surface area contributed by atoms with Crippen molar-refractivity contribution in [2.24, 2.45) is 5.92 Å². The van der Waals surface area contributed by atoms with Crippen LogP contribution in [-0.2, 0) is 14.8 Å². The van der Waals surface area contributed by atoms with Gasteiger partial charge in [0.1, 0.15) is 5.82 Å². The lowest BCUT2D eigenvalue weighted by atomic mass is 9.98. The zero-order valence-corrected chi connectivity index (χ0v) is 17.2. The molecule has 0 spiro atoms. The van der Waals surface area contributed by atoms with Gasteiger partial charge in [0.05, 0.1) is 16.5 Å². The van der Waals surface area contributed by atoms with E-state index in [-0.39, 0.29) is 23.0 Å². The van der Waals surface area contributed by atoms with Crippen LogP contribution in [0, 0.1) is 18.7 Å². The molecule has 144 valence electrons. The first-order chi connectivity index (χ1) is 12.8. The lowest BCUT2D eigenvalue weighted by Gasteiger charge is -2.31. The Morgan fingerprint density at radius 1 is 1.22 bits per heavy atom. The summed E-state index contributed by atoms with van der Waals surface area (Å²) < 4.78 is 41.7. The Balaban J connectivity index is 1.74. The number of hydrogen-bond acceptors (Lipinski definition) is 3. The molecule has 1 heterocycles. The second-order valence-corrected chi connectivity index (χ2v) is 9.48. The summed E-state index contributed by atoms with van der Waals surface area (Å²) in [7, 11) is -3.67. The number of carbonyl (C=O) groups is 1. The smallest absolute Gasteiger partial charge is 0.243 e. The predicted octanol–water partition coefficient (Wildman–Crippen LogP) is 3.94. The van der Waals surface area contributed by atoms with Gasteiger partial charge in [-0.25, -0.2) is 12.8 Å². The lowest BCUT2D eigenvalue weighted by molar-refractivity contribution is -0.120. The van der Waals surface area contributed by atoms with E-state index in [0.717, 1.165) is 10.0 Å². The highest BCUT2D eigenvalue weighted by Gasteiger charge is 2.33. The molecule has 3 rings (SSSR count).